The van der Waals surface area contributed by atoms with E-state index in [0.29, 0.717) is 0 Å². The predicted octanol–water partition coefficient (Wildman–Crippen LogP) is -0.280. The Morgan fingerprint density at radius 2 is 1.92 bits per heavy atom. The van der Waals surface area contributed by atoms with E-state index in [9.17, 15) is 35.3 Å². The minimum absolute atomic E-state index is 0.0259. The summed E-state index contributed by atoms with van der Waals surface area (Å²) in [5, 5.41) is 49.8. The van der Waals surface area contributed by atoms with Crippen LogP contribution in [0, 0.1) is 11.3 Å². The number of aromatic nitrogens is 4. The number of hydrogen-bond donors (Lipinski definition) is 5. The molecule has 2 aromatic heterocycles. The van der Waals surface area contributed by atoms with E-state index in [0.717, 1.165) is 0 Å². The van der Waals surface area contributed by atoms with Crippen molar-refractivity contribution in [3.05, 3.63) is 47.0 Å². The van der Waals surface area contributed by atoms with Gasteiger partial charge >= 0.3 is 11.9 Å². The van der Waals surface area contributed by atoms with Gasteiger partial charge in [0, 0.05) is 6.42 Å². The van der Waals surface area contributed by atoms with Crippen molar-refractivity contribution >= 4 is 40.5 Å². The van der Waals surface area contributed by atoms with Gasteiger partial charge in [-0.2, -0.15) is 15.2 Å². The molecule has 0 amide bonds. The van der Waals surface area contributed by atoms with Gasteiger partial charge in [-0.1, -0.05) is 18.2 Å². The van der Waals surface area contributed by atoms with Crippen LogP contribution in [0.4, 0.5) is 5.82 Å². The minimum Gasteiger partial charge on any atom is -0.479 e. The van der Waals surface area contributed by atoms with Gasteiger partial charge in [0.2, 0.25) is 5.28 Å². The molecular formula is C21H19ClN6O8. The molecule has 1 fully saturated rings. The zero-order chi connectivity index (χ0) is 26.2. The Morgan fingerprint density at radius 3 is 2.58 bits per heavy atom. The van der Waals surface area contributed by atoms with Gasteiger partial charge in [0.25, 0.3) is 5.60 Å². The van der Waals surface area contributed by atoms with Gasteiger partial charge < -0.3 is 35.6 Å². The second-order valence-corrected chi connectivity index (χ2v) is 8.28. The predicted molar refractivity (Wildman–Crippen MR) is 119 cm³/mol. The fraction of sp³-hybridized carbons (Fsp3) is 0.333. The lowest BCUT2D eigenvalue weighted by atomic mass is 9.91. The molecule has 0 saturated carbocycles. The summed E-state index contributed by atoms with van der Waals surface area (Å²) in [5.41, 5.74) is 3.44. The van der Waals surface area contributed by atoms with Crippen LogP contribution in [-0.4, -0.2) is 82.4 Å². The van der Waals surface area contributed by atoms with Crippen LogP contribution >= 0.6 is 11.6 Å². The average Bonchev–Trinajstić information content (AvgIpc) is 3.37. The monoisotopic (exact) mass is 518 g/mol. The number of nitriles is 1. The molecule has 15 heteroatoms. The zero-order valence-electron chi connectivity index (χ0n) is 18.2. The number of imidazole rings is 1. The molecule has 0 bridgehead atoms. The number of anilines is 1. The number of carbonyl (C=O) groups is 2. The lowest BCUT2D eigenvalue weighted by Gasteiger charge is -2.27. The van der Waals surface area contributed by atoms with Crippen molar-refractivity contribution in [2.24, 2.45) is 0 Å². The number of aliphatic hydroxyl groups is 2. The third-order valence-corrected chi connectivity index (χ3v) is 5.96. The van der Waals surface area contributed by atoms with E-state index < -0.39 is 55.1 Å². The molecule has 14 nitrogen and oxygen atoms in total. The molecule has 6 N–H and O–H groups in total. The Hall–Kier alpha value is -3.87. The number of carboxylic acid groups (broad SMARTS) is 2. The van der Waals surface area contributed by atoms with Gasteiger partial charge in [-0.3, -0.25) is 4.57 Å². The molecule has 3 aromatic rings. The first-order valence-electron chi connectivity index (χ1n) is 10.3. The van der Waals surface area contributed by atoms with E-state index in [4.69, 9.17) is 26.8 Å². The van der Waals surface area contributed by atoms with Crippen LogP contribution in [0.3, 0.4) is 0 Å². The average molecular weight is 519 g/mol. The zero-order valence-corrected chi connectivity index (χ0v) is 19.0. The number of rotatable bonds is 8. The van der Waals surface area contributed by atoms with Crippen molar-refractivity contribution in [1.82, 2.24) is 19.5 Å². The van der Waals surface area contributed by atoms with Crippen molar-refractivity contribution < 1.29 is 39.5 Å². The van der Waals surface area contributed by atoms with Gasteiger partial charge in [0.15, 0.2) is 17.7 Å². The first-order chi connectivity index (χ1) is 17.1. The summed E-state index contributed by atoms with van der Waals surface area (Å²) in [7, 11) is 0. The molecule has 1 aliphatic rings. The number of fused-ring (bicyclic) bond motifs is 1. The Balaban J connectivity index is 1.59. The quantitative estimate of drug-likeness (QED) is 0.191. The highest BCUT2D eigenvalue weighted by Gasteiger charge is 2.51. The standard InChI is InChI=1S/C21H19ClN6O8/c22-20-26-15(24)12-16(27-20)28(8-25-12)17-14(30)13(29)11(36-17)7-35-21(18(31)32,19(33)34)5-9-3-1-2-4-10(9)6-23/h1-4,8,11,13-14,17,29-30H,5,7H2,(H,31,32)(H,33,34)(H2,24,26,27)/t11-,13-,14-,17-/m1/s1. The van der Waals surface area contributed by atoms with Gasteiger partial charge in [0.1, 0.15) is 23.8 Å². The second-order valence-electron chi connectivity index (χ2n) is 7.94. The number of benzene rings is 1. The highest BCUT2D eigenvalue weighted by Crippen LogP contribution is 2.33. The first-order valence-corrected chi connectivity index (χ1v) is 10.7. The lowest BCUT2D eigenvalue weighted by molar-refractivity contribution is -0.190. The number of hydrogen-bond acceptors (Lipinski definition) is 11. The van der Waals surface area contributed by atoms with Crippen LogP contribution in [0.1, 0.15) is 17.4 Å². The lowest BCUT2D eigenvalue weighted by Crippen LogP contribution is -2.53. The fourth-order valence-electron chi connectivity index (χ4n) is 3.89. The van der Waals surface area contributed by atoms with E-state index in [2.05, 4.69) is 15.0 Å². The Kier molecular flexibility index (Phi) is 6.76. The summed E-state index contributed by atoms with van der Waals surface area (Å²) < 4.78 is 12.3. The molecule has 4 rings (SSSR count). The van der Waals surface area contributed by atoms with E-state index in [1.807, 2.05) is 6.07 Å². The van der Waals surface area contributed by atoms with Crippen LogP contribution in [-0.2, 0) is 25.5 Å². The van der Waals surface area contributed by atoms with Gasteiger partial charge in [0.05, 0.1) is 24.6 Å². The third kappa shape index (κ3) is 4.30. The van der Waals surface area contributed by atoms with Gasteiger partial charge in [-0.15, -0.1) is 0 Å². The summed E-state index contributed by atoms with van der Waals surface area (Å²) in [6, 6.07) is 7.76. The molecule has 1 aromatic carbocycles. The van der Waals surface area contributed by atoms with Crippen LogP contribution in [0.5, 0.6) is 0 Å². The number of carboxylic acids is 2. The van der Waals surface area contributed by atoms with E-state index in [1.54, 1.807) is 6.07 Å². The van der Waals surface area contributed by atoms with Crippen molar-refractivity contribution in [2.45, 2.75) is 36.6 Å². The highest BCUT2D eigenvalue weighted by atomic mass is 35.5. The maximum absolute atomic E-state index is 12.1. The number of nitrogens with zero attached hydrogens (tertiary/aromatic N) is 5. The third-order valence-electron chi connectivity index (χ3n) is 5.79. The number of aliphatic hydroxyl groups excluding tert-OH is 2. The number of nitrogens with two attached hydrogens (primary N) is 1. The summed E-state index contributed by atoms with van der Waals surface area (Å²) in [5.74, 6) is -3.67. The van der Waals surface area contributed by atoms with Crippen molar-refractivity contribution in [3.63, 3.8) is 0 Å². The maximum atomic E-state index is 12.1. The number of ether oxygens (including phenoxy) is 2. The Labute approximate surface area is 207 Å². The number of aliphatic carboxylic acids is 2. The topological polar surface area (TPSA) is 227 Å². The van der Waals surface area contributed by atoms with Crippen LogP contribution in [0.2, 0.25) is 5.28 Å². The molecule has 0 spiro atoms. The Bertz CT molecular complexity index is 1360. The summed E-state index contributed by atoms with van der Waals surface area (Å²) in [4.78, 5) is 36.0. The summed E-state index contributed by atoms with van der Waals surface area (Å²) in [6.45, 7) is -0.730. The molecule has 0 aliphatic carbocycles. The van der Waals surface area contributed by atoms with Crippen molar-refractivity contribution in [3.8, 4) is 6.07 Å². The molecule has 188 valence electrons. The molecule has 0 unspecified atom stereocenters. The molecule has 4 atom stereocenters. The molecule has 3 heterocycles. The normalized spacial score (nSPS) is 21.9. The van der Waals surface area contributed by atoms with E-state index >= 15 is 0 Å². The molecule has 1 saturated heterocycles. The van der Waals surface area contributed by atoms with Crippen molar-refractivity contribution in [2.75, 3.05) is 12.3 Å². The Morgan fingerprint density at radius 1 is 1.22 bits per heavy atom. The van der Waals surface area contributed by atoms with Crippen molar-refractivity contribution in [1.29, 1.82) is 5.26 Å². The minimum atomic E-state index is -2.81. The fourth-order valence-corrected chi connectivity index (χ4v) is 4.06. The number of halogens is 1. The molecule has 36 heavy (non-hydrogen) atoms. The summed E-state index contributed by atoms with van der Waals surface area (Å²) >= 11 is 5.85. The van der Waals surface area contributed by atoms with E-state index in [-0.39, 0.29) is 33.4 Å². The molecule has 1 aliphatic heterocycles. The largest absolute Gasteiger partial charge is 0.479 e. The smallest absolute Gasteiger partial charge is 0.348 e. The van der Waals surface area contributed by atoms with E-state index in [1.165, 1.54) is 29.1 Å². The van der Waals surface area contributed by atoms with Crippen LogP contribution in [0.15, 0.2) is 30.6 Å². The SMILES string of the molecule is N#Cc1ccccc1CC(OC[C@H]1O[C@@H](n2cnc3c(N)nc(Cl)nc32)[C@H](O)[C@@H]1O)(C(=O)O)C(=O)O. The van der Waals surface area contributed by atoms with Gasteiger partial charge in [-0.05, 0) is 23.2 Å². The maximum Gasteiger partial charge on any atom is 0.348 e. The first kappa shape index (κ1) is 25.2. The second kappa shape index (κ2) is 9.64. The molecular weight excluding hydrogens is 500 g/mol. The van der Waals surface area contributed by atoms with Gasteiger partial charge in [-0.25, -0.2) is 14.6 Å². The highest BCUT2D eigenvalue weighted by molar-refractivity contribution is 6.28. The number of nitrogen functional groups attached to an aromatic ring is 1. The van der Waals surface area contributed by atoms with Crippen LogP contribution in [0.25, 0.3) is 11.2 Å². The summed E-state index contributed by atoms with van der Waals surface area (Å²) in [6.07, 6.45) is -5.23. The van der Waals surface area contributed by atoms with Crippen LogP contribution < -0.4 is 5.73 Å². The molecule has 0 radical (unpaired) electrons.